The zero-order valence-corrected chi connectivity index (χ0v) is 13.3. The summed E-state index contributed by atoms with van der Waals surface area (Å²) in [4.78, 5) is 0. The fourth-order valence-electron chi connectivity index (χ4n) is 2.91. The molecule has 1 atom stereocenters. The molecule has 0 fully saturated rings. The van der Waals surface area contributed by atoms with Gasteiger partial charge in [-0.1, -0.05) is 13.3 Å². The highest BCUT2D eigenvalue weighted by molar-refractivity contribution is 5.56. The molecule has 1 unspecified atom stereocenters. The number of aromatic nitrogens is 2. The third-order valence-electron chi connectivity index (χ3n) is 4.05. The summed E-state index contributed by atoms with van der Waals surface area (Å²) in [6, 6.07) is 1.63. The lowest BCUT2D eigenvalue weighted by Gasteiger charge is -2.25. The molecule has 3 rings (SSSR count). The lowest BCUT2D eigenvalue weighted by atomic mass is 9.82. The molecule has 1 aliphatic heterocycles. The second kappa shape index (κ2) is 6.33. The van der Waals surface area contributed by atoms with Crippen LogP contribution in [0, 0.1) is 40.4 Å². The summed E-state index contributed by atoms with van der Waals surface area (Å²) in [5.74, 6) is -12.9. The molecule has 0 saturated heterocycles. The summed E-state index contributed by atoms with van der Waals surface area (Å²) in [6.07, 6.45) is 0.926. The van der Waals surface area contributed by atoms with Crippen LogP contribution < -0.4 is 10.5 Å². The van der Waals surface area contributed by atoms with Crippen LogP contribution in [0.1, 0.15) is 36.1 Å². The van der Waals surface area contributed by atoms with E-state index in [2.05, 4.69) is 10.2 Å². The molecular formula is C16H11F5N4O. The van der Waals surface area contributed by atoms with Crippen molar-refractivity contribution in [2.45, 2.75) is 25.7 Å². The molecule has 0 aliphatic carbocycles. The van der Waals surface area contributed by atoms with Gasteiger partial charge < -0.3 is 10.5 Å². The smallest absolute Gasteiger partial charge is 0.244 e. The van der Waals surface area contributed by atoms with Gasteiger partial charge in [0, 0.05) is 11.3 Å². The zero-order valence-electron chi connectivity index (χ0n) is 13.3. The van der Waals surface area contributed by atoms with Gasteiger partial charge in [0.05, 0.1) is 11.5 Å². The number of nitriles is 1. The maximum atomic E-state index is 14.4. The number of aromatic amines is 1. The van der Waals surface area contributed by atoms with Crippen LogP contribution in [0.2, 0.25) is 0 Å². The average Bonchev–Trinajstić information content (AvgIpc) is 3.01. The number of rotatable bonds is 3. The van der Waals surface area contributed by atoms with E-state index in [0.717, 1.165) is 0 Å². The highest BCUT2D eigenvalue weighted by Crippen LogP contribution is 2.45. The highest BCUT2D eigenvalue weighted by Gasteiger charge is 2.40. The molecule has 1 aromatic heterocycles. The first-order valence-electron chi connectivity index (χ1n) is 7.49. The summed E-state index contributed by atoms with van der Waals surface area (Å²) in [5.41, 5.74) is 4.31. The van der Waals surface area contributed by atoms with E-state index in [1.807, 2.05) is 0 Å². The quantitative estimate of drug-likeness (QED) is 0.493. The number of hydrogen-bond acceptors (Lipinski definition) is 4. The van der Waals surface area contributed by atoms with Crippen molar-refractivity contribution in [2.24, 2.45) is 5.73 Å². The summed E-state index contributed by atoms with van der Waals surface area (Å²) >= 11 is 0. The number of fused-ring (bicyclic) bond motifs is 1. The zero-order chi connectivity index (χ0) is 19.2. The number of nitrogens with two attached hydrogens (primary N) is 1. The van der Waals surface area contributed by atoms with Crippen molar-refractivity contribution in [2.75, 3.05) is 0 Å². The number of nitrogens with zero attached hydrogens (tertiary/aromatic N) is 2. The summed E-state index contributed by atoms with van der Waals surface area (Å²) < 4.78 is 74.7. The Labute approximate surface area is 143 Å². The molecule has 2 aromatic rings. The molecular weight excluding hydrogens is 359 g/mol. The monoisotopic (exact) mass is 370 g/mol. The number of nitrogens with one attached hydrogen (secondary N) is 1. The Morgan fingerprint density at radius 3 is 2.19 bits per heavy atom. The van der Waals surface area contributed by atoms with Crippen LogP contribution in [0.15, 0.2) is 11.5 Å². The van der Waals surface area contributed by atoms with E-state index in [1.165, 1.54) is 0 Å². The fourth-order valence-corrected chi connectivity index (χ4v) is 2.91. The second-order valence-electron chi connectivity index (χ2n) is 5.58. The Bertz CT molecular complexity index is 947. The summed E-state index contributed by atoms with van der Waals surface area (Å²) in [6.45, 7) is 1.81. The van der Waals surface area contributed by atoms with E-state index in [9.17, 15) is 27.2 Å². The number of ether oxygens (including phenoxy) is 1. The van der Waals surface area contributed by atoms with Gasteiger partial charge in [-0.05, 0) is 6.42 Å². The first kappa shape index (κ1) is 17.7. The van der Waals surface area contributed by atoms with E-state index < -0.39 is 52.0 Å². The van der Waals surface area contributed by atoms with Gasteiger partial charge in [-0.15, -0.1) is 5.10 Å². The van der Waals surface area contributed by atoms with Gasteiger partial charge in [0.1, 0.15) is 11.6 Å². The first-order valence-corrected chi connectivity index (χ1v) is 7.49. The van der Waals surface area contributed by atoms with Crippen LogP contribution in [0.3, 0.4) is 0 Å². The van der Waals surface area contributed by atoms with E-state index in [-0.39, 0.29) is 11.4 Å². The molecule has 10 heteroatoms. The third-order valence-corrected chi connectivity index (χ3v) is 4.05. The lowest BCUT2D eigenvalue weighted by molar-refractivity contribution is 0.357. The standard InChI is InChI=1S/C16H11F5N4O/c1-2-3-6-8-7(5(4-22)15(23)26-16(8)25-24-6)9-10(17)12(19)14(21)13(20)11(9)18/h7H,2-3,23H2,1H3,(H,24,25). The van der Waals surface area contributed by atoms with E-state index in [1.54, 1.807) is 13.0 Å². The minimum Gasteiger partial charge on any atom is -0.420 e. The maximum Gasteiger partial charge on any atom is 0.244 e. The molecule has 1 aliphatic rings. The molecule has 0 saturated carbocycles. The van der Waals surface area contributed by atoms with Gasteiger partial charge in [-0.3, -0.25) is 5.10 Å². The lowest BCUT2D eigenvalue weighted by Crippen LogP contribution is -2.24. The van der Waals surface area contributed by atoms with Crippen molar-refractivity contribution in [1.82, 2.24) is 10.2 Å². The Kier molecular flexibility index (Phi) is 4.31. The van der Waals surface area contributed by atoms with Crippen molar-refractivity contribution in [1.29, 1.82) is 5.26 Å². The van der Waals surface area contributed by atoms with Gasteiger partial charge in [0.15, 0.2) is 23.3 Å². The van der Waals surface area contributed by atoms with Crippen LogP contribution in [-0.2, 0) is 6.42 Å². The molecule has 5 nitrogen and oxygen atoms in total. The number of allylic oxidation sites excluding steroid dienone is 1. The second-order valence-corrected chi connectivity index (χ2v) is 5.58. The Hall–Kier alpha value is -3.09. The molecule has 136 valence electrons. The van der Waals surface area contributed by atoms with E-state index in [4.69, 9.17) is 10.5 Å². The van der Waals surface area contributed by atoms with Crippen LogP contribution in [-0.4, -0.2) is 10.2 Å². The van der Waals surface area contributed by atoms with E-state index in [0.29, 0.717) is 18.5 Å². The first-order chi connectivity index (χ1) is 12.3. The number of hydrogen-bond donors (Lipinski definition) is 2. The topological polar surface area (TPSA) is 87.7 Å². The molecule has 2 heterocycles. The van der Waals surface area contributed by atoms with Gasteiger partial charge in [0.25, 0.3) is 0 Å². The fraction of sp³-hybridized carbons (Fsp3) is 0.250. The van der Waals surface area contributed by atoms with Gasteiger partial charge >= 0.3 is 0 Å². The van der Waals surface area contributed by atoms with Crippen molar-refractivity contribution in [3.63, 3.8) is 0 Å². The molecule has 0 bridgehead atoms. The van der Waals surface area contributed by atoms with E-state index >= 15 is 0 Å². The Morgan fingerprint density at radius 1 is 1.08 bits per heavy atom. The molecule has 0 spiro atoms. The normalized spacial score (nSPS) is 16.3. The summed E-state index contributed by atoms with van der Waals surface area (Å²) in [7, 11) is 0. The maximum absolute atomic E-state index is 14.4. The minimum absolute atomic E-state index is 0.0146. The van der Waals surface area contributed by atoms with Gasteiger partial charge in [0.2, 0.25) is 17.6 Å². The van der Waals surface area contributed by atoms with Gasteiger partial charge in [-0.2, -0.15) is 5.26 Å². The van der Waals surface area contributed by atoms with Gasteiger partial charge in [-0.25, -0.2) is 22.0 Å². The molecule has 26 heavy (non-hydrogen) atoms. The number of aryl methyl sites for hydroxylation is 1. The SMILES string of the molecule is CCCc1[nH]nc2c1C(c1c(F)c(F)c(F)c(F)c1F)C(C#N)=C(N)O2. The van der Waals surface area contributed by atoms with Crippen LogP contribution in [0.5, 0.6) is 5.88 Å². The van der Waals surface area contributed by atoms with Crippen LogP contribution >= 0.6 is 0 Å². The van der Waals surface area contributed by atoms with Crippen molar-refractivity contribution >= 4 is 0 Å². The Balaban J connectivity index is 2.38. The number of halogens is 5. The van der Waals surface area contributed by atoms with Crippen molar-refractivity contribution in [3.8, 4) is 11.9 Å². The summed E-state index contributed by atoms with van der Waals surface area (Å²) in [5, 5.41) is 15.8. The van der Waals surface area contributed by atoms with Crippen LogP contribution in [0.25, 0.3) is 0 Å². The van der Waals surface area contributed by atoms with Crippen molar-refractivity contribution < 1.29 is 26.7 Å². The molecule has 0 radical (unpaired) electrons. The largest absolute Gasteiger partial charge is 0.420 e. The van der Waals surface area contributed by atoms with Crippen molar-refractivity contribution in [3.05, 3.63) is 57.4 Å². The number of H-pyrrole nitrogens is 1. The molecule has 3 N–H and O–H groups in total. The Morgan fingerprint density at radius 2 is 1.65 bits per heavy atom. The third kappa shape index (κ3) is 2.39. The number of benzene rings is 1. The molecule has 0 amide bonds. The average molecular weight is 370 g/mol. The predicted octanol–water partition coefficient (Wildman–Crippen LogP) is 3.28. The predicted molar refractivity (Wildman–Crippen MR) is 78.1 cm³/mol. The van der Waals surface area contributed by atoms with Crippen LogP contribution in [0.4, 0.5) is 22.0 Å². The highest BCUT2D eigenvalue weighted by atomic mass is 19.2. The minimum atomic E-state index is -2.28. The molecule has 1 aromatic carbocycles.